The molecule has 75 valence electrons. The molecule has 1 radical (unpaired) electrons. The van der Waals surface area contributed by atoms with E-state index in [0.29, 0.717) is 5.56 Å². The van der Waals surface area contributed by atoms with Crippen molar-refractivity contribution in [2.24, 2.45) is 0 Å². The zero-order valence-electron chi connectivity index (χ0n) is 7.63. The molecule has 3 nitrogen and oxygen atoms in total. The second kappa shape index (κ2) is 4.61. The monoisotopic (exact) mass is 199 g/mol. The predicted octanol–water partition coefficient (Wildman–Crippen LogP) is 1.27. The molecule has 0 saturated carbocycles. The van der Waals surface area contributed by atoms with Crippen LogP contribution in [-0.2, 0) is 6.54 Å². The molecule has 0 bridgehead atoms. The fraction of sp³-hybridized carbons (Fsp3) is 0.444. The van der Waals surface area contributed by atoms with Crippen molar-refractivity contribution in [3.05, 3.63) is 11.8 Å². The molecule has 5 heteroatoms. The summed E-state index contributed by atoms with van der Waals surface area (Å²) in [7, 11) is 0. The standard InChI is InChI=1S/C9H9F2N2O/c1-3-4-14-9-7(2)5-12-13(9)6-8(10)11/h1,8H,4,6H2,2H3. The van der Waals surface area contributed by atoms with Gasteiger partial charge < -0.3 is 4.74 Å². The van der Waals surface area contributed by atoms with Crippen LogP contribution in [0.4, 0.5) is 8.78 Å². The van der Waals surface area contributed by atoms with Crippen molar-refractivity contribution in [1.29, 1.82) is 0 Å². The second-order valence-electron chi connectivity index (χ2n) is 2.61. The molecule has 1 rings (SSSR count). The number of hydrogen-bond donors (Lipinski definition) is 0. The van der Waals surface area contributed by atoms with E-state index in [9.17, 15) is 8.78 Å². The quantitative estimate of drug-likeness (QED) is 0.683. The van der Waals surface area contributed by atoms with Gasteiger partial charge in [0.2, 0.25) is 5.88 Å². The SMILES string of the molecule is C#CCOc1c(C)[c]nn1CC(F)F. The lowest BCUT2D eigenvalue weighted by Gasteiger charge is -2.07. The minimum absolute atomic E-state index is 0.0314. The molecule has 1 heterocycles. The van der Waals surface area contributed by atoms with Gasteiger partial charge in [0.25, 0.3) is 6.43 Å². The summed E-state index contributed by atoms with van der Waals surface area (Å²) in [6, 6.07) is 0. The third-order valence-corrected chi connectivity index (χ3v) is 1.50. The highest BCUT2D eigenvalue weighted by Gasteiger charge is 2.13. The Morgan fingerprint density at radius 1 is 1.71 bits per heavy atom. The van der Waals surface area contributed by atoms with Crippen LogP contribution < -0.4 is 4.74 Å². The Morgan fingerprint density at radius 3 is 3.00 bits per heavy atom. The van der Waals surface area contributed by atoms with Gasteiger partial charge in [-0.25, -0.2) is 13.5 Å². The fourth-order valence-corrected chi connectivity index (χ4v) is 0.969. The minimum atomic E-state index is -2.48. The summed E-state index contributed by atoms with van der Waals surface area (Å²) in [5.74, 6) is 2.50. The summed E-state index contributed by atoms with van der Waals surface area (Å²) in [6.07, 6.45) is 5.04. The van der Waals surface area contributed by atoms with Crippen LogP contribution in [-0.4, -0.2) is 22.8 Å². The van der Waals surface area contributed by atoms with Crippen LogP contribution in [0.5, 0.6) is 5.88 Å². The van der Waals surface area contributed by atoms with Crippen LogP contribution in [0, 0.1) is 25.5 Å². The lowest BCUT2D eigenvalue weighted by Crippen LogP contribution is -2.11. The lowest BCUT2D eigenvalue weighted by atomic mass is 10.4. The smallest absolute Gasteiger partial charge is 0.258 e. The van der Waals surface area contributed by atoms with E-state index in [0.717, 1.165) is 4.68 Å². The Kier molecular flexibility index (Phi) is 3.46. The van der Waals surface area contributed by atoms with Crippen LogP contribution in [0.25, 0.3) is 0 Å². The van der Waals surface area contributed by atoms with Crippen LogP contribution in [0.3, 0.4) is 0 Å². The number of rotatable bonds is 4. The largest absolute Gasteiger partial charge is 0.464 e. The Labute approximate surface area is 80.7 Å². The van der Waals surface area contributed by atoms with E-state index >= 15 is 0 Å². The number of alkyl halides is 2. The first-order chi connectivity index (χ1) is 6.65. The maximum atomic E-state index is 12.1. The molecule has 0 aliphatic heterocycles. The molecule has 0 N–H and O–H groups in total. The van der Waals surface area contributed by atoms with E-state index < -0.39 is 13.0 Å². The number of nitrogens with zero attached hydrogens (tertiary/aromatic N) is 2. The summed E-state index contributed by atoms with van der Waals surface area (Å²) in [5, 5.41) is 3.63. The highest BCUT2D eigenvalue weighted by atomic mass is 19.3. The first-order valence-corrected chi connectivity index (χ1v) is 3.94. The van der Waals surface area contributed by atoms with Gasteiger partial charge in [0.05, 0.1) is 0 Å². The van der Waals surface area contributed by atoms with E-state index in [1.54, 1.807) is 6.92 Å². The maximum Gasteiger partial charge on any atom is 0.258 e. The number of aromatic nitrogens is 2. The Morgan fingerprint density at radius 2 is 2.43 bits per heavy atom. The van der Waals surface area contributed by atoms with Crippen molar-refractivity contribution in [2.75, 3.05) is 6.61 Å². The molecule has 0 aliphatic rings. The molecule has 1 aromatic rings. The summed E-state index contributed by atoms with van der Waals surface area (Å²) in [5.41, 5.74) is 0.570. The molecule has 0 amide bonds. The molecule has 0 aromatic carbocycles. The number of aryl methyl sites for hydroxylation is 1. The molecule has 14 heavy (non-hydrogen) atoms. The summed E-state index contributed by atoms with van der Waals surface area (Å²) in [4.78, 5) is 0. The lowest BCUT2D eigenvalue weighted by molar-refractivity contribution is 0.116. The van der Waals surface area contributed by atoms with Crippen molar-refractivity contribution < 1.29 is 13.5 Å². The van der Waals surface area contributed by atoms with Crippen LogP contribution in [0.1, 0.15) is 5.56 Å². The summed E-state index contributed by atoms with van der Waals surface area (Å²) in [6.45, 7) is 1.19. The number of ether oxygens (including phenoxy) is 1. The zero-order chi connectivity index (χ0) is 10.6. The average molecular weight is 199 g/mol. The number of halogens is 2. The first-order valence-electron chi connectivity index (χ1n) is 3.94. The molecule has 0 spiro atoms. The van der Waals surface area contributed by atoms with E-state index in [-0.39, 0.29) is 12.5 Å². The molecule has 0 aliphatic carbocycles. The molecule has 0 saturated heterocycles. The van der Waals surface area contributed by atoms with Gasteiger partial charge in [-0.1, -0.05) is 5.92 Å². The Hall–Kier alpha value is -1.57. The molecular formula is C9H9F2N2O. The summed E-state index contributed by atoms with van der Waals surface area (Å²) >= 11 is 0. The zero-order valence-corrected chi connectivity index (χ0v) is 7.63. The molecule has 1 aromatic heterocycles. The van der Waals surface area contributed by atoms with Crippen molar-refractivity contribution in [1.82, 2.24) is 9.78 Å². The normalized spacial score (nSPS) is 10.2. The van der Waals surface area contributed by atoms with Gasteiger partial charge >= 0.3 is 0 Å². The van der Waals surface area contributed by atoms with Crippen LogP contribution in [0.2, 0.25) is 0 Å². The average Bonchev–Trinajstić information content (AvgIpc) is 2.44. The first kappa shape index (κ1) is 10.5. The summed E-state index contributed by atoms with van der Waals surface area (Å²) < 4.78 is 30.2. The maximum absolute atomic E-state index is 12.1. The van der Waals surface area contributed by atoms with E-state index in [1.165, 1.54) is 0 Å². The highest BCUT2D eigenvalue weighted by Crippen LogP contribution is 2.17. The second-order valence-corrected chi connectivity index (χ2v) is 2.61. The number of terminal acetylenes is 1. The van der Waals surface area contributed by atoms with Crippen molar-refractivity contribution in [3.63, 3.8) is 0 Å². The highest BCUT2D eigenvalue weighted by molar-refractivity contribution is 5.21. The van der Waals surface area contributed by atoms with Gasteiger partial charge in [0.1, 0.15) is 12.7 Å². The van der Waals surface area contributed by atoms with Gasteiger partial charge in [0, 0.05) is 5.56 Å². The fourth-order valence-electron chi connectivity index (χ4n) is 0.969. The third-order valence-electron chi connectivity index (χ3n) is 1.50. The van der Waals surface area contributed by atoms with Crippen molar-refractivity contribution >= 4 is 0 Å². The van der Waals surface area contributed by atoms with E-state index in [1.807, 2.05) is 0 Å². The van der Waals surface area contributed by atoms with Crippen LogP contribution >= 0.6 is 0 Å². The number of hydrogen-bond acceptors (Lipinski definition) is 2. The predicted molar refractivity (Wildman–Crippen MR) is 46.1 cm³/mol. The molecule has 0 atom stereocenters. The van der Waals surface area contributed by atoms with Gasteiger partial charge in [-0.2, -0.15) is 5.10 Å². The topological polar surface area (TPSA) is 27.1 Å². The third kappa shape index (κ3) is 2.46. The van der Waals surface area contributed by atoms with E-state index in [4.69, 9.17) is 11.2 Å². The van der Waals surface area contributed by atoms with Gasteiger partial charge in [0.15, 0.2) is 6.61 Å². The molecule has 0 unspecified atom stereocenters. The Balaban J connectivity index is 2.78. The van der Waals surface area contributed by atoms with Crippen molar-refractivity contribution in [3.8, 4) is 18.2 Å². The Bertz CT molecular complexity index is 341. The molecular weight excluding hydrogens is 190 g/mol. The van der Waals surface area contributed by atoms with E-state index in [2.05, 4.69) is 17.2 Å². The van der Waals surface area contributed by atoms with Gasteiger partial charge in [-0.3, -0.25) is 0 Å². The minimum Gasteiger partial charge on any atom is -0.464 e. The molecule has 0 fully saturated rings. The van der Waals surface area contributed by atoms with Gasteiger partial charge in [-0.15, -0.1) is 6.42 Å². The van der Waals surface area contributed by atoms with Crippen LogP contribution in [0.15, 0.2) is 0 Å². The van der Waals surface area contributed by atoms with Gasteiger partial charge in [-0.05, 0) is 6.92 Å². The van der Waals surface area contributed by atoms with Crippen molar-refractivity contribution in [2.45, 2.75) is 19.9 Å².